The first-order valence-electron chi connectivity index (χ1n) is 9.11. The van der Waals surface area contributed by atoms with Gasteiger partial charge in [-0.1, -0.05) is 0 Å². The normalized spacial score (nSPS) is 21.8. The highest BCUT2D eigenvalue weighted by Crippen LogP contribution is 2.30. The van der Waals surface area contributed by atoms with Crippen LogP contribution < -0.4 is 15.4 Å². The molecule has 0 saturated carbocycles. The summed E-state index contributed by atoms with van der Waals surface area (Å²) in [7, 11) is 1.92. The minimum absolute atomic E-state index is 0.308. The lowest BCUT2D eigenvalue weighted by atomic mass is 10.0. The van der Waals surface area contributed by atoms with Crippen LogP contribution in [0.3, 0.4) is 0 Å². The van der Waals surface area contributed by atoms with Crippen LogP contribution >= 0.6 is 0 Å². The molecule has 0 aliphatic carbocycles. The molecule has 0 spiro atoms. The Bertz CT molecular complexity index is 819. The average molecular weight is 355 g/mol. The van der Waals surface area contributed by atoms with Crippen LogP contribution in [0.5, 0.6) is 5.75 Å². The molecule has 2 aliphatic heterocycles. The Balaban J connectivity index is 1.61. The topological polar surface area (TPSA) is 89.4 Å². The summed E-state index contributed by atoms with van der Waals surface area (Å²) in [5.41, 5.74) is 8.21. The fourth-order valence-corrected chi connectivity index (χ4v) is 3.82. The maximum atomic E-state index is 8.60. The second kappa shape index (κ2) is 6.64. The summed E-state index contributed by atoms with van der Waals surface area (Å²) < 4.78 is 13.3. The van der Waals surface area contributed by atoms with Crippen molar-refractivity contribution in [1.29, 1.82) is 5.41 Å². The fraction of sp³-hybridized carbons (Fsp3) is 0.474. The summed E-state index contributed by atoms with van der Waals surface area (Å²) in [5, 5.41) is 13.2. The predicted octanol–water partition coefficient (Wildman–Crippen LogP) is 2.18. The number of nitrogens with zero attached hydrogens (tertiary/aromatic N) is 3. The van der Waals surface area contributed by atoms with Gasteiger partial charge in [0.15, 0.2) is 0 Å². The van der Waals surface area contributed by atoms with E-state index in [1.165, 1.54) is 0 Å². The quantitative estimate of drug-likeness (QED) is 0.634. The van der Waals surface area contributed by atoms with Gasteiger partial charge < -0.3 is 20.1 Å². The van der Waals surface area contributed by atoms with Crippen molar-refractivity contribution in [2.24, 2.45) is 7.05 Å². The van der Waals surface area contributed by atoms with Gasteiger partial charge in [0, 0.05) is 37.5 Å². The van der Waals surface area contributed by atoms with Gasteiger partial charge in [0.1, 0.15) is 17.3 Å². The van der Waals surface area contributed by atoms with E-state index in [1.807, 2.05) is 36.9 Å². The van der Waals surface area contributed by atoms with Crippen molar-refractivity contribution >= 4 is 17.2 Å². The number of anilines is 2. The lowest BCUT2D eigenvalue weighted by Gasteiger charge is -2.33. The minimum atomic E-state index is 0.308. The number of fused-ring (bicyclic) bond motifs is 2. The summed E-state index contributed by atoms with van der Waals surface area (Å²) in [6.07, 6.45) is 2.88. The number of aryl methyl sites for hydroxylation is 1. The van der Waals surface area contributed by atoms with Gasteiger partial charge in [-0.25, -0.2) is 0 Å². The van der Waals surface area contributed by atoms with Crippen molar-refractivity contribution in [1.82, 2.24) is 9.78 Å². The van der Waals surface area contributed by atoms with Crippen LogP contribution in [0.4, 0.5) is 11.5 Å². The number of hydrogen-bond acceptors (Lipinski definition) is 6. The molecule has 4 rings (SSSR count). The van der Waals surface area contributed by atoms with E-state index in [9.17, 15) is 0 Å². The Kier molecular flexibility index (Phi) is 4.32. The molecule has 1 aromatic heterocycles. The van der Waals surface area contributed by atoms with Crippen molar-refractivity contribution in [2.45, 2.75) is 32.0 Å². The van der Waals surface area contributed by atoms with Crippen LogP contribution in [0.15, 0.2) is 24.3 Å². The minimum Gasteiger partial charge on any atom is -0.494 e. The standard InChI is InChI=1S/C19H25N5O2/c1-3-25-12-6-7-16(20)15(8-12)19(21)17-9-18(23(2)22-17)24-10-13-4-5-14(11-24)26-13/h6-9,13-14,21H,3-5,10-11,20H2,1-2H3. The lowest BCUT2D eigenvalue weighted by molar-refractivity contribution is 0.0300. The highest BCUT2D eigenvalue weighted by atomic mass is 16.5. The molecule has 2 aliphatic rings. The van der Waals surface area contributed by atoms with Crippen molar-refractivity contribution in [2.75, 3.05) is 30.3 Å². The van der Waals surface area contributed by atoms with E-state index in [4.69, 9.17) is 20.6 Å². The number of nitrogens with one attached hydrogen (secondary N) is 1. The molecule has 0 radical (unpaired) electrons. The van der Waals surface area contributed by atoms with Crippen molar-refractivity contribution in [3.05, 3.63) is 35.5 Å². The number of hydrogen-bond donors (Lipinski definition) is 2. The third-order valence-corrected chi connectivity index (χ3v) is 5.08. The second-order valence-electron chi connectivity index (χ2n) is 6.93. The number of benzene rings is 1. The average Bonchev–Trinajstić information content (AvgIpc) is 3.18. The van der Waals surface area contributed by atoms with Crippen LogP contribution in [0.2, 0.25) is 0 Å². The molecule has 138 valence electrons. The number of ether oxygens (including phenoxy) is 2. The Morgan fingerprint density at radius 1 is 1.31 bits per heavy atom. The molecule has 2 saturated heterocycles. The molecule has 3 heterocycles. The number of morpholine rings is 1. The highest BCUT2D eigenvalue weighted by Gasteiger charge is 2.35. The van der Waals surface area contributed by atoms with Gasteiger partial charge in [-0.3, -0.25) is 10.1 Å². The number of aromatic nitrogens is 2. The molecule has 26 heavy (non-hydrogen) atoms. The third-order valence-electron chi connectivity index (χ3n) is 5.08. The van der Waals surface area contributed by atoms with E-state index in [-0.39, 0.29) is 0 Å². The molecule has 3 N–H and O–H groups in total. The summed E-state index contributed by atoms with van der Waals surface area (Å²) >= 11 is 0. The summed E-state index contributed by atoms with van der Waals surface area (Å²) in [5.74, 6) is 1.73. The molecule has 0 amide bonds. The molecule has 2 fully saturated rings. The van der Waals surface area contributed by atoms with Crippen LogP contribution in [-0.4, -0.2) is 47.4 Å². The third kappa shape index (κ3) is 3.03. The molecule has 2 atom stereocenters. The van der Waals surface area contributed by atoms with Gasteiger partial charge in [0.2, 0.25) is 0 Å². The Hall–Kier alpha value is -2.54. The van der Waals surface area contributed by atoms with E-state index >= 15 is 0 Å². The van der Waals surface area contributed by atoms with Crippen LogP contribution in [0.25, 0.3) is 0 Å². The summed E-state index contributed by atoms with van der Waals surface area (Å²) in [6, 6.07) is 7.38. The number of nitrogens with two attached hydrogens (primary N) is 1. The van der Waals surface area contributed by atoms with Crippen molar-refractivity contribution < 1.29 is 9.47 Å². The smallest absolute Gasteiger partial charge is 0.127 e. The molecule has 7 nitrogen and oxygen atoms in total. The first-order valence-corrected chi connectivity index (χ1v) is 9.11. The highest BCUT2D eigenvalue weighted by molar-refractivity contribution is 6.13. The lowest BCUT2D eigenvalue weighted by Crippen LogP contribution is -2.43. The van der Waals surface area contributed by atoms with E-state index in [0.29, 0.717) is 47.2 Å². The molecule has 2 unspecified atom stereocenters. The summed E-state index contributed by atoms with van der Waals surface area (Å²) in [6.45, 7) is 4.27. The van der Waals surface area contributed by atoms with Gasteiger partial charge in [0.25, 0.3) is 0 Å². The molecule has 7 heteroatoms. The van der Waals surface area contributed by atoms with Crippen molar-refractivity contribution in [3.63, 3.8) is 0 Å². The van der Waals surface area contributed by atoms with E-state index < -0.39 is 0 Å². The van der Waals surface area contributed by atoms with E-state index in [2.05, 4.69) is 10.00 Å². The van der Waals surface area contributed by atoms with Gasteiger partial charge in [-0.2, -0.15) is 5.10 Å². The largest absolute Gasteiger partial charge is 0.494 e. The second-order valence-corrected chi connectivity index (χ2v) is 6.93. The zero-order valence-corrected chi connectivity index (χ0v) is 15.2. The van der Waals surface area contributed by atoms with Crippen LogP contribution in [0, 0.1) is 5.41 Å². The van der Waals surface area contributed by atoms with Crippen LogP contribution in [0.1, 0.15) is 31.0 Å². The Labute approximate surface area is 153 Å². The van der Waals surface area contributed by atoms with Gasteiger partial charge in [0.05, 0.1) is 24.5 Å². The van der Waals surface area contributed by atoms with Gasteiger partial charge in [-0.15, -0.1) is 0 Å². The fourth-order valence-electron chi connectivity index (χ4n) is 3.82. The van der Waals surface area contributed by atoms with E-state index in [0.717, 1.165) is 31.7 Å². The van der Waals surface area contributed by atoms with Crippen LogP contribution in [-0.2, 0) is 11.8 Å². The first-order chi connectivity index (χ1) is 12.5. The number of nitrogen functional groups attached to an aromatic ring is 1. The van der Waals surface area contributed by atoms with Crippen molar-refractivity contribution in [3.8, 4) is 5.75 Å². The molecule has 1 aromatic carbocycles. The van der Waals surface area contributed by atoms with Gasteiger partial charge in [-0.05, 0) is 38.0 Å². The molecule has 2 bridgehead atoms. The molecular weight excluding hydrogens is 330 g/mol. The Morgan fingerprint density at radius 2 is 2.04 bits per heavy atom. The first kappa shape index (κ1) is 16.9. The number of rotatable bonds is 5. The Morgan fingerprint density at radius 3 is 2.73 bits per heavy atom. The maximum absolute atomic E-state index is 8.60. The molecule has 2 aromatic rings. The maximum Gasteiger partial charge on any atom is 0.127 e. The monoisotopic (exact) mass is 355 g/mol. The molecular formula is C19H25N5O2. The predicted molar refractivity (Wildman–Crippen MR) is 101 cm³/mol. The van der Waals surface area contributed by atoms with E-state index in [1.54, 1.807) is 6.07 Å². The summed E-state index contributed by atoms with van der Waals surface area (Å²) in [4.78, 5) is 2.32. The SMILES string of the molecule is CCOc1ccc(N)c(C(=N)c2cc(N3CC4CCC(C3)O4)n(C)n2)c1. The zero-order valence-electron chi connectivity index (χ0n) is 15.2. The van der Waals surface area contributed by atoms with Gasteiger partial charge >= 0.3 is 0 Å². The zero-order chi connectivity index (χ0) is 18.3.